The van der Waals surface area contributed by atoms with E-state index in [1.165, 1.54) is 65.3 Å². The van der Waals surface area contributed by atoms with Crippen molar-refractivity contribution in [3.8, 4) is 22.3 Å². The fraction of sp³-hybridized carbons (Fsp3) is 0.0417. The highest BCUT2D eigenvalue weighted by Gasteiger charge is 2.18. The number of anilines is 3. The average molecular weight is 628 g/mol. The maximum absolute atomic E-state index is 2.39. The number of rotatable bonds is 5. The first kappa shape index (κ1) is 30.2. The standard InChI is InChI=1S/C46H31N.C2H6/c1-3-14-36(15-4-1)47(37-16-5-2-6-17-37)38-29-27-34(28-30-38)45-40-19-9-11-21-42(40)46(43-22-12-10-20-41(43)45)35-26-25-33-24-23-32-13-7-8-18-39(32)44(33)31-35;1-2/h1-31H;1-2H3. The van der Waals surface area contributed by atoms with Gasteiger partial charge in [0.25, 0.3) is 0 Å². The highest BCUT2D eigenvalue weighted by Crippen LogP contribution is 2.45. The van der Waals surface area contributed by atoms with E-state index in [-0.39, 0.29) is 0 Å². The molecule has 0 aliphatic heterocycles. The number of nitrogens with zero attached hydrogens (tertiary/aromatic N) is 1. The molecule has 234 valence electrons. The van der Waals surface area contributed by atoms with Gasteiger partial charge in [-0.25, -0.2) is 0 Å². The minimum absolute atomic E-state index is 1.12. The van der Waals surface area contributed by atoms with Crippen LogP contribution in [0.1, 0.15) is 13.8 Å². The number of para-hydroxylation sites is 2. The third kappa shape index (κ3) is 5.40. The Morgan fingerprint density at radius 3 is 1.18 bits per heavy atom. The van der Waals surface area contributed by atoms with E-state index in [1.54, 1.807) is 0 Å². The molecule has 0 aliphatic carbocycles. The molecule has 9 aromatic rings. The van der Waals surface area contributed by atoms with Gasteiger partial charge in [0.15, 0.2) is 0 Å². The zero-order valence-corrected chi connectivity index (χ0v) is 27.8. The zero-order valence-electron chi connectivity index (χ0n) is 27.8. The summed E-state index contributed by atoms with van der Waals surface area (Å²) in [7, 11) is 0. The Kier molecular flexibility index (Phi) is 8.09. The van der Waals surface area contributed by atoms with Gasteiger partial charge in [-0.05, 0) is 108 Å². The van der Waals surface area contributed by atoms with Crippen molar-refractivity contribution >= 4 is 60.2 Å². The molecule has 0 atom stereocenters. The van der Waals surface area contributed by atoms with Gasteiger partial charge >= 0.3 is 0 Å². The van der Waals surface area contributed by atoms with E-state index in [0.29, 0.717) is 0 Å². The molecule has 1 nitrogen and oxygen atoms in total. The Labute approximate surface area is 288 Å². The lowest BCUT2D eigenvalue weighted by Crippen LogP contribution is -2.09. The summed E-state index contributed by atoms with van der Waals surface area (Å²) in [6.07, 6.45) is 0. The van der Waals surface area contributed by atoms with Crippen molar-refractivity contribution in [3.05, 3.63) is 188 Å². The van der Waals surface area contributed by atoms with Gasteiger partial charge in [0.2, 0.25) is 0 Å². The summed E-state index contributed by atoms with van der Waals surface area (Å²) in [6, 6.07) is 68.1. The number of benzene rings is 9. The molecular formula is C48H37N. The van der Waals surface area contributed by atoms with Crippen LogP contribution in [0.3, 0.4) is 0 Å². The topological polar surface area (TPSA) is 3.24 Å². The smallest absolute Gasteiger partial charge is 0.0462 e. The molecular weight excluding hydrogens is 591 g/mol. The molecule has 0 amide bonds. The van der Waals surface area contributed by atoms with E-state index in [4.69, 9.17) is 0 Å². The van der Waals surface area contributed by atoms with Gasteiger partial charge in [-0.3, -0.25) is 0 Å². The van der Waals surface area contributed by atoms with Crippen molar-refractivity contribution in [1.29, 1.82) is 0 Å². The zero-order chi connectivity index (χ0) is 33.2. The van der Waals surface area contributed by atoms with Gasteiger partial charge in [0.1, 0.15) is 0 Å². The lowest BCUT2D eigenvalue weighted by Gasteiger charge is -2.25. The van der Waals surface area contributed by atoms with E-state index < -0.39 is 0 Å². The Morgan fingerprint density at radius 1 is 0.286 bits per heavy atom. The third-order valence-electron chi connectivity index (χ3n) is 9.41. The fourth-order valence-corrected chi connectivity index (χ4v) is 7.29. The van der Waals surface area contributed by atoms with Crippen molar-refractivity contribution in [1.82, 2.24) is 0 Å². The molecule has 9 rings (SSSR count). The predicted molar refractivity (Wildman–Crippen MR) is 213 cm³/mol. The second kappa shape index (κ2) is 13.1. The first-order valence-electron chi connectivity index (χ1n) is 17.2. The van der Waals surface area contributed by atoms with Gasteiger partial charge in [-0.1, -0.05) is 159 Å². The summed E-state index contributed by atoms with van der Waals surface area (Å²) in [5.74, 6) is 0. The predicted octanol–water partition coefficient (Wildman–Crippen LogP) is 14.1. The Morgan fingerprint density at radius 2 is 0.653 bits per heavy atom. The van der Waals surface area contributed by atoms with Crippen molar-refractivity contribution in [3.63, 3.8) is 0 Å². The average Bonchev–Trinajstić information content (AvgIpc) is 3.19. The van der Waals surface area contributed by atoms with Crippen molar-refractivity contribution in [2.24, 2.45) is 0 Å². The quantitative estimate of drug-likeness (QED) is 0.136. The van der Waals surface area contributed by atoms with Gasteiger partial charge in [-0.2, -0.15) is 0 Å². The second-order valence-corrected chi connectivity index (χ2v) is 12.1. The maximum Gasteiger partial charge on any atom is 0.0462 e. The van der Waals surface area contributed by atoms with E-state index in [9.17, 15) is 0 Å². The van der Waals surface area contributed by atoms with Crippen LogP contribution < -0.4 is 4.90 Å². The van der Waals surface area contributed by atoms with Crippen LogP contribution in [-0.4, -0.2) is 0 Å². The first-order chi connectivity index (χ1) is 24.3. The molecule has 9 aromatic carbocycles. The molecule has 0 aliphatic rings. The molecule has 0 unspecified atom stereocenters. The monoisotopic (exact) mass is 627 g/mol. The van der Waals surface area contributed by atoms with Crippen molar-refractivity contribution < 1.29 is 0 Å². The molecule has 0 saturated heterocycles. The summed E-state index contributed by atoms with van der Waals surface area (Å²) >= 11 is 0. The largest absolute Gasteiger partial charge is 0.311 e. The molecule has 0 saturated carbocycles. The highest BCUT2D eigenvalue weighted by atomic mass is 15.1. The minimum atomic E-state index is 1.12. The second-order valence-electron chi connectivity index (χ2n) is 12.1. The molecule has 0 heterocycles. The van der Waals surface area contributed by atoms with Gasteiger partial charge < -0.3 is 4.90 Å². The van der Waals surface area contributed by atoms with Gasteiger partial charge in [0, 0.05) is 17.1 Å². The fourth-order valence-electron chi connectivity index (χ4n) is 7.29. The summed E-state index contributed by atoms with van der Waals surface area (Å²) in [4.78, 5) is 2.31. The SMILES string of the molecule is CC.c1ccc(N(c2ccccc2)c2ccc(-c3c4ccccc4c(-c4ccc5ccc6ccccc6c5c4)c4ccccc34)cc2)cc1. The number of hydrogen-bond donors (Lipinski definition) is 0. The lowest BCUT2D eigenvalue weighted by atomic mass is 9.85. The van der Waals surface area contributed by atoms with Crippen LogP contribution in [0.15, 0.2) is 188 Å². The summed E-state index contributed by atoms with van der Waals surface area (Å²) in [5, 5.41) is 10.2. The van der Waals surface area contributed by atoms with Crippen LogP contribution in [0.25, 0.3) is 65.3 Å². The molecule has 1 heteroatoms. The van der Waals surface area contributed by atoms with E-state index >= 15 is 0 Å². The third-order valence-corrected chi connectivity index (χ3v) is 9.41. The van der Waals surface area contributed by atoms with Crippen LogP contribution in [0.5, 0.6) is 0 Å². The van der Waals surface area contributed by atoms with Crippen LogP contribution in [0.4, 0.5) is 17.1 Å². The Hall–Kier alpha value is -6.18. The molecule has 0 fully saturated rings. The van der Waals surface area contributed by atoms with Gasteiger partial charge in [0.05, 0.1) is 0 Å². The van der Waals surface area contributed by atoms with E-state index in [1.807, 2.05) is 13.8 Å². The number of fused-ring (bicyclic) bond motifs is 5. The Balaban J connectivity index is 0.00000171. The molecule has 0 aromatic heterocycles. The molecule has 0 spiro atoms. The van der Waals surface area contributed by atoms with Crippen molar-refractivity contribution in [2.75, 3.05) is 4.90 Å². The van der Waals surface area contributed by atoms with Crippen molar-refractivity contribution in [2.45, 2.75) is 13.8 Å². The normalized spacial score (nSPS) is 11.1. The molecule has 0 radical (unpaired) electrons. The van der Waals surface area contributed by atoms with Crippen LogP contribution in [0.2, 0.25) is 0 Å². The summed E-state index contributed by atoms with van der Waals surface area (Å²) in [5.41, 5.74) is 8.39. The lowest BCUT2D eigenvalue weighted by molar-refractivity contribution is 1.28. The minimum Gasteiger partial charge on any atom is -0.311 e. The number of hydrogen-bond acceptors (Lipinski definition) is 1. The highest BCUT2D eigenvalue weighted by molar-refractivity contribution is 6.22. The maximum atomic E-state index is 2.39. The Bertz CT molecular complexity index is 2450. The first-order valence-corrected chi connectivity index (χ1v) is 17.2. The molecule has 49 heavy (non-hydrogen) atoms. The summed E-state index contributed by atoms with van der Waals surface area (Å²) < 4.78 is 0. The van der Waals surface area contributed by atoms with Gasteiger partial charge in [-0.15, -0.1) is 0 Å². The van der Waals surface area contributed by atoms with Crippen LogP contribution in [0, 0.1) is 0 Å². The van der Waals surface area contributed by atoms with Crippen LogP contribution >= 0.6 is 0 Å². The van der Waals surface area contributed by atoms with E-state index in [0.717, 1.165) is 17.1 Å². The summed E-state index contributed by atoms with van der Waals surface area (Å²) in [6.45, 7) is 4.00. The molecule has 0 N–H and O–H groups in total. The molecule has 0 bridgehead atoms. The van der Waals surface area contributed by atoms with Crippen LogP contribution in [-0.2, 0) is 0 Å². The van der Waals surface area contributed by atoms with E-state index in [2.05, 4.69) is 193 Å².